The van der Waals surface area contributed by atoms with Crippen LogP contribution in [0.3, 0.4) is 0 Å². The minimum atomic E-state index is -1.50. The van der Waals surface area contributed by atoms with Gasteiger partial charge in [-0.25, -0.2) is 17.6 Å². The molecule has 0 nitrogen and oxygen atoms in total. The average Bonchev–Trinajstić information content (AvgIpc) is 2.71. The number of hydrogen-bond donors (Lipinski definition) is 0. The van der Waals surface area contributed by atoms with Gasteiger partial charge in [-0.1, -0.05) is 41.4 Å². The second kappa shape index (κ2) is 8.47. The van der Waals surface area contributed by atoms with E-state index in [0.717, 1.165) is 29.2 Å². The van der Waals surface area contributed by atoms with Crippen LogP contribution in [0.25, 0.3) is 0 Å². The molecular formula is C26H18F4. The van der Waals surface area contributed by atoms with Crippen molar-refractivity contribution in [2.24, 2.45) is 0 Å². The van der Waals surface area contributed by atoms with Gasteiger partial charge in [0.1, 0.15) is 5.56 Å². The summed E-state index contributed by atoms with van der Waals surface area (Å²) in [6.45, 7) is 7.02. The summed E-state index contributed by atoms with van der Waals surface area (Å²) >= 11 is 0. The molecule has 150 valence electrons. The third-order valence-corrected chi connectivity index (χ3v) is 4.71. The summed E-state index contributed by atoms with van der Waals surface area (Å²) in [5, 5.41) is 0. The van der Waals surface area contributed by atoms with E-state index in [0.29, 0.717) is 5.56 Å². The van der Waals surface area contributed by atoms with Crippen molar-refractivity contribution in [1.82, 2.24) is 0 Å². The zero-order valence-corrected chi connectivity index (χ0v) is 17.0. The van der Waals surface area contributed by atoms with E-state index in [1.807, 2.05) is 20.8 Å². The van der Waals surface area contributed by atoms with Gasteiger partial charge in [0.05, 0.1) is 0 Å². The topological polar surface area (TPSA) is 0 Å². The zero-order valence-electron chi connectivity index (χ0n) is 17.0. The van der Waals surface area contributed by atoms with Gasteiger partial charge in [0, 0.05) is 22.3 Å². The van der Waals surface area contributed by atoms with E-state index in [-0.39, 0.29) is 0 Å². The Kier molecular flexibility index (Phi) is 5.99. The van der Waals surface area contributed by atoms with Crippen LogP contribution in [0.4, 0.5) is 17.6 Å². The highest BCUT2D eigenvalue weighted by atomic mass is 19.2. The molecule has 0 N–H and O–H groups in total. The first-order valence-corrected chi connectivity index (χ1v) is 9.23. The third-order valence-electron chi connectivity index (χ3n) is 4.71. The number of aryl methyl sites for hydroxylation is 3. The van der Waals surface area contributed by atoms with Crippen molar-refractivity contribution in [3.63, 3.8) is 0 Å². The van der Waals surface area contributed by atoms with Crippen LogP contribution in [0.1, 0.15) is 44.5 Å². The Bertz CT molecular complexity index is 1210. The van der Waals surface area contributed by atoms with Gasteiger partial charge in [-0.3, -0.25) is 0 Å². The molecule has 3 rings (SSSR count). The van der Waals surface area contributed by atoms with E-state index in [9.17, 15) is 17.6 Å². The average molecular weight is 406 g/mol. The molecule has 0 aromatic heterocycles. The van der Waals surface area contributed by atoms with Crippen molar-refractivity contribution in [1.29, 1.82) is 0 Å². The van der Waals surface area contributed by atoms with E-state index in [2.05, 4.69) is 35.8 Å². The molecule has 0 amide bonds. The van der Waals surface area contributed by atoms with Gasteiger partial charge in [-0.2, -0.15) is 0 Å². The normalized spacial score (nSPS) is 10.1. The summed E-state index contributed by atoms with van der Waals surface area (Å²) in [6, 6.07) is 10.8. The predicted octanol–water partition coefficient (Wildman–Crippen LogP) is 6.28. The molecule has 3 aromatic carbocycles. The van der Waals surface area contributed by atoms with Crippen LogP contribution in [0.5, 0.6) is 0 Å². The molecule has 0 aliphatic rings. The fourth-order valence-electron chi connectivity index (χ4n) is 3.13. The molecule has 0 heterocycles. The van der Waals surface area contributed by atoms with Crippen molar-refractivity contribution in [3.05, 3.63) is 104 Å². The number of benzene rings is 3. The van der Waals surface area contributed by atoms with Crippen LogP contribution >= 0.6 is 0 Å². The molecule has 0 saturated heterocycles. The Morgan fingerprint density at radius 1 is 0.533 bits per heavy atom. The maximum atomic E-state index is 13.9. The van der Waals surface area contributed by atoms with E-state index < -0.39 is 34.4 Å². The van der Waals surface area contributed by atoms with Crippen LogP contribution in [0, 0.1) is 74.6 Å². The Hall–Kier alpha value is -3.50. The maximum Gasteiger partial charge on any atom is 0.177 e. The van der Waals surface area contributed by atoms with E-state index >= 15 is 0 Å². The Morgan fingerprint density at radius 2 is 0.933 bits per heavy atom. The molecule has 0 saturated carbocycles. The monoisotopic (exact) mass is 406 g/mol. The SMILES string of the molecule is Cc1cc(C)c(C#Cc2ccc(C#Cc3c(F)c(F)c(C)c(F)c3F)cc2)c(C)c1. The first kappa shape index (κ1) is 21.2. The van der Waals surface area contributed by atoms with Crippen LogP contribution in [-0.2, 0) is 0 Å². The van der Waals surface area contributed by atoms with Crippen LogP contribution in [-0.4, -0.2) is 0 Å². The summed E-state index contributed by atoms with van der Waals surface area (Å²) in [5.74, 6) is 5.10. The Morgan fingerprint density at radius 3 is 1.37 bits per heavy atom. The molecule has 3 aromatic rings. The summed E-state index contributed by atoms with van der Waals surface area (Å²) in [5.41, 5.74) is 3.89. The number of halogens is 4. The van der Waals surface area contributed by atoms with Crippen molar-refractivity contribution < 1.29 is 17.6 Å². The van der Waals surface area contributed by atoms with Gasteiger partial charge in [-0.05, 0) is 63.1 Å². The van der Waals surface area contributed by atoms with Crippen LogP contribution in [0.2, 0.25) is 0 Å². The molecule has 0 aliphatic heterocycles. The highest BCUT2D eigenvalue weighted by Crippen LogP contribution is 2.23. The van der Waals surface area contributed by atoms with Gasteiger partial charge in [0.2, 0.25) is 0 Å². The van der Waals surface area contributed by atoms with Gasteiger partial charge < -0.3 is 0 Å². The first-order chi connectivity index (χ1) is 14.2. The fourth-order valence-corrected chi connectivity index (χ4v) is 3.13. The van der Waals surface area contributed by atoms with E-state index in [1.54, 1.807) is 24.3 Å². The van der Waals surface area contributed by atoms with Gasteiger partial charge in [0.15, 0.2) is 23.3 Å². The minimum Gasteiger partial charge on any atom is -0.203 e. The lowest BCUT2D eigenvalue weighted by molar-refractivity contribution is 0.442. The second-order valence-corrected chi connectivity index (χ2v) is 7.11. The predicted molar refractivity (Wildman–Crippen MR) is 110 cm³/mol. The van der Waals surface area contributed by atoms with E-state index in [1.165, 1.54) is 5.56 Å². The highest BCUT2D eigenvalue weighted by Gasteiger charge is 2.21. The van der Waals surface area contributed by atoms with Crippen molar-refractivity contribution >= 4 is 0 Å². The Balaban J connectivity index is 1.89. The largest absolute Gasteiger partial charge is 0.203 e. The van der Waals surface area contributed by atoms with Crippen molar-refractivity contribution in [3.8, 4) is 23.7 Å². The molecule has 30 heavy (non-hydrogen) atoms. The molecule has 0 unspecified atom stereocenters. The van der Waals surface area contributed by atoms with Crippen LogP contribution in [0.15, 0.2) is 36.4 Å². The lowest BCUT2D eigenvalue weighted by Gasteiger charge is -2.05. The number of hydrogen-bond acceptors (Lipinski definition) is 0. The second-order valence-electron chi connectivity index (χ2n) is 7.11. The maximum absolute atomic E-state index is 13.9. The number of rotatable bonds is 0. The Labute approximate surface area is 173 Å². The van der Waals surface area contributed by atoms with Gasteiger partial charge in [-0.15, -0.1) is 0 Å². The lowest BCUT2D eigenvalue weighted by Crippen LogP contribution is -2.03. The molecule has 0 bridgehead atoms. The first-order valence-electron chi connectivity index (χ1n) is 9.23. The third kappa shape index (κ3) is 4.24. The molecule has 0 fully saturated rings. The summed E-state index contributed by atoms with van der Waals surface area (Å²) in [7, 11) is 0. The lowest BCUT2D eigenvalue weighted by atomic mass is 10.00. The van der Waals surface area contributed by atoms with Crippen molar-refractivity contribution in [2.75, 3.05) is 0 Å². The molecular weight excluding hydrogens is 388 g/mol. The standard InChI is InChI=1S/C26H18F4/c1-15-13-16(2)21(17(3)14-15)11-9-19-5-7-20(8-6-19)10-12-22-25(29)23(27)18(4)24(28)26(22)30/h5-8,13-14H,1-4H3. The highest BCUT2D eigenvalue weighted by molar-refractivity contribution is 5.52. The molecule has 4 heteroatoms. The molecule has 0 spiro atoms. The summed E-state index contributed by atoms with van der Waals surface area (Å²) in [6.07, 6.45) is 0. The molecule has 0 aliphatic carbocycles. The smallest absolute Gasteiger partial charge is 0.177 e. The van der Waals surface area contributed by atoms with Gasteiger partial charge in [0.25, 0.3) is 0 Å². The van der Waals surface area contributed by atoms with E-state index in [4.69, 9.17) is 0 Å². The fraction of sp³-hybridized carbons (Fsp3) is 0.154. The quantitative estimate of drug-likeness (QED) is 0.234. The molecule has 0 radical (unpaired) electrons. The summed E-state index contributed by atoms with van der Waals surface area (Å²) in [4.78, 5) is 0. The minimum absolute atomic E-state index is 0.434. The van der Waals surface area contributed by atoms with Gasteiger partial charge >= 0.3 is 0 Å². The zero-order chi connectivity index (χ0) is 22.0. The van der Waals surface area contributed by atoms with Crippen molar-refractivity contribution in [2.45, 2.75) is 27.7 Å². The van der Waals surface area contributed by atoms with Crippen LogP contribution < -0.4 is 0 Å². The summed E-state index contributed by atoms with van der Waals surface area (Å²) < 4.78 is 55.1. The molecule has 0 atom stereocenters.